The number of hydrogen-bond acceptors (Lipinski definition) is 5. The number of H-pyrrole nitrogens is 1. The Labute approximate surface area is 123 Å². The number of aromatic amines is 1. The Bertz CT molecular complexity index is 572. The molecule has 2 aromatic rings. The molecule has 0 unspecified atom stereocenters. The fraction of sp³-hybridized carbons (Fsp3) is 0.571. The molecule has 1 aliphatic heterocycles. The molecule has 6 heteroatoms. The Hall–Kier alpha value is -1.24. The van der Waals surface area contributed by atoms with E-state index in [1.165, 1.54) is 10.4 Å². The summed E-state index contributed by atoms with van der Waals surface area (Å²) in [5.41, 5.74) is 3.50. The molecule has 3 rings (SSSR count). The first-order chi connectivity index (χ1) is 9.65. The zero-order valence-corrected chi connectivity index (χ0v) is 13.0. The summed E-state index contributed by atoms with van der Waals surface area (Å²) in [6.07, 6.45) is 1.99. The molecule has 0 amide bonds. The van der Waals surface area contributed by atoms with Gasteiger partial charge in [0.1, 0.15) is 0 Å². The highest BCUT2D eigenvalue weighted by Crippen LogP contribution is 2.30. The van der Waals surface area contributed by atoms with Gasteiger partial charge in [0.15, 0.2) is 0 Å². The van der Waals surface area contributed by atoms with Gasteiger partial charge in [-0.15, -0.1) is 11.3 Å². The number of nitrogens with one attached hydrogen (secondary N) is 1. The Morgan fingerprint density at radius 1 is 1.45 bits per heavy atom. The summed E-state index contributed by atoms with van der Waals surface area (Å²) in [6.45, 7) is 9.61. The van der Waals surface area contributed by atoms with Gasteiger partial charge in [-0.3, -0.25) is 10.00 Å². The van der Waals surface area contributed by atoms with E-state index >= 15 is 0 Å². The summed E-state index contributed by atoms with van der Waals surface area (Å²) >= 11 is 1.77. The average Bonchev–Trinajstić information content (AvgIpc) is 2.98. The number of rotatable bonds is 3. The molecule has 20 heavy (non-hydrogen) atoms. The third-order valence-electron chi connectivity index (χ3n) is 3.79. The lowest BCUT2D eigenvalue weighted by Gasteiger charge is -2.35. The van der Waals surface area contributed by atoms with Crippen molar-refractivity contribution in [3.63, 3.8) is 0 Å². The lowest BCUT2D eigenvalue weighted by atomic mass is 10.0. The second-order valence-electron chi connectivity index (χ2n) is 5.25. The molecule has 3 heterocycles. The first-order valence-corrected chi connectivity index (χ1v) is 7.71. The molecule has 0 aliphatic carbocycles. The molecule has 1 aliphatic rings. The zero-order valence-electron chi connectivity index (χ0n) is 12.1. The predicted molar refractivity (Wildman–Crippen MR) is 78.9 cm³/mol. The van der Waals surface area contributed by atoms with Gasteiger partial charge in [-0.05, 0) is 20.8 Å². The minimum absolute atomic E-state index is 0.282. The molecule has 1 N–H and O–H groups in total. The molecular formula is C14H20N4OS. The number of aromatic nitrogens is 3. The van der Waals surface area contributed by atoms with Gasteiger partial charge in [-0.2, -0.15) is 5.10 Å². The highest BCUT2D eigenvalue weighted by molar-refractivity contribution is 7.11. The van der Waals surface area contributed by atoms with E-state index in [1.54, 1.807) is 11.3 Å². The monoisotopic (exact) mass is 292 g/mol. The van der Waals surface area contributed by atoms with Crippen LogP contribution in [0.3, 0.4) is 0 Å². The summed E-state index contributed by atoms with van der Waals surface area (Å²) < 4.78 is 5.69. The molecule has 1 fully saturated rings. The molecule has 0 saturated carbocycles. The van der Waals surface area contributed by atoms with Crippen LogP contribution in [0.15, 0.2) is 6.20 Å². The quantitative estimate of drug-likeness (QED) is 0.943. The predicted octanol–water partition coefficient (Wildman–Crippen LogP) is 2.36. The van der Waals surface area contributed by atoms with Crippen molar-refractivity contribution in [1.82, 2.24) is 20.1 Å². The summed E-state index contributed by atoms with van der Waals surface area (Å²) in [5.74, 6) is 0. The highest BCUT2D eigenvalue weighted by Gasteiger charge is 2.28. The van der Waals surface area contributed by atoms with E-state index in [-0.39, 0.29) is 6.04 Å². The minimum atomic E-state index is 0.282. The first-order valence-electron chi connectivity index (χ1n) is 6.89. The Balaban J connectivity index is 1.84. The van der Waals surface area contributed by atoms with Gasteiger partial charge < -0.3 is 4.74 Å². The molecule has 0 aromatic carbocycles. The van der Waals surface area contributed by atoms with Crippen molar-refractivity contribution < 1.29 is 4.74 Å². The SMILES string of the molecule is Cc1ncc(CN2CCOC[C@@H]2c2c(C)n[nH]c2C)s1. The van der Waals surface area contributed by atoms with E-state index in [0.717, 1.165) is 42.7 Å². The van der Waals surface area contributed by atoms with Crippen LogP contribution in [0.4, 0.5) is 0 Å². The number of ether oxygens (including phenoxy) is 1. The number of thiazole rings is 1. The zero-order chi connectivity index (χ0) is 14.1. The van der Waals surface area contributed by atoms with Crippen LogP contribution < -0.4 is 0 Å². The molecule has 1 atom stereocenters. The van der Waals surface area contributed by atoms with Gasteiger partial charge in [0, 0.05) is 35.4 Å². The maximum atomic E-state index is 5.69. The van der Waals surface area contributed by atoms with Crippen molar-refractivity contribution in [1.29, 1.82) is 0 Å². The lowest BCUT2D eigenvalue weighted by Crippen LogP contribution is -2.39. The van der Waals surface area contributed by atoms with Crippen molar-refractivity contribution in [3.05, 3.63) is 33.0 Å². The van der Waals surface area contributed by atoms with Crippen LogP contribution in [0.1, 0.15) is 32.9 Å². The fourth-order valence-electron chi connectivity index (χ4n) is 2.82. The van der Waals surface area contributed by atoms with E-state index in [4.69, 9.17) is 4.74 Å². The van der Waals surface area contributed by atoms with Crippen LogP contribution in [-0.2, 0) is 11.3 Å². The number of nitrogens with zero attached hydrogens (tertiary/aromatic N) is 3. The van der Waals surface area contributed by atoms with Crippen molar-refractivity contribution in [2.75, 3.05) is 19.8 Å². The number of morpholine rings is 1. The molecule has 0 spiro atoms. The van der Waals surface area contributed by atoms with Gasteiger partial charge in [0.05, 0.1) is 30.0 Å². The van der Waals surface area contributed by atoms with Gasteiger partial charge in [0.25, 0.3) is 0 Å². The van der Waals surface area contributed by atoms with E-state index in [0.29, 0.717) is 0 Å². The maximum Gasteiger partial charge on any atom is 0.0897 e. The Kier molecular flexibility index (Phi) is 3.87. The van der Waals surface area contributed by atoms with Crippen LogP contribution >= 0.6 is 11.3 Å². The van der Waals surface area contributed by atoms with Gasteiger partial charge >= 0.3 is 0 Å². The van der Waals surface area contributed by atoms with E-state index < -0.39 is 0 Å². The molecule has 0 radical (unpaired) electrons. The third-order valence-corrected chi connectivity index (χ3v) is 4.68. The van der Waals surface area contributed by atoms with E-state index in [2.05, 4.69) is 40.9 Å². The van der Waals surface area contributed by atoms with Crippen molar-refractivity contribution in [2.24, 2.45) is 0 Å². The minimum Gasteiger partial charge on any atom is -0.378 e. The summed E-state index contributed by atoms with van der Waals surface area (Å²) in [5, 5.41) is 8.53. The average molecular weight is 292 g/mol. The Morgan fingerprint density at radius 3 is 2.95 bits per heavy atom. The molecule has 1 saturated heterocycles. The van der Waals surface area contributed by atoms with Gasteiger partial charge in [-0.25, -0.2) is 4.98 Å². The summed E-state index contributed by atoms with van der Waals surface area (Å²) in [4.78, 5) is 8.13. The molecular weight excluding hydrogens is 272 g/mol. The van der Waals surface area contributed by atoms with Crippen molar-refractivity contribution in [3.8, 4) is 0 Å². The molecule has 108 valence electrons. The third kappa shape index (κ3) is 2.63. The fourth-order valence-corrected chi connectivity index (χ4v) is 3.64. The van der Waals surface area contributed by atoms with Gasteiger partial charge in [-0.1, -0.05) is 0 Å². The topological polar surface area (TPSA) is 54.0 Å². The molecule has 0 bridgehead atoms. The molecule has 2 aromatic heterocycles. The van der Waals surface area contributed by atoms with Crippen LogP contribution in [-0.4, -0.2) is 39.8 Å². The molecule has 5 nitrogen and oxygen atoms in total. The normalized spacial score (nSPS) is 20.4. The summed E-state index contributed by atoms with van der Waals surface area (Å²) in [6, 6.07) is 0.282. The van der Waals surface area contributed by atoms with E-state index in [9.17, 15) is 0 Å². The van der Waals surface area contributed by atoms with Gasteiger partial charge in [0.2, 0.25) is 0 Å². The van der Waals surface area contributed by atoms with Crippen LogP contribution in [0, 0.1) is 20.8 Å². The van der Waals surface area contributed by atoms with Crippen molar-refractivity contribution in [2.45, 2.75) is 33.4 Å². The van der Waals surface area contributed by atoms with Crippen LogP contribution in [0.25, 0.3) is 0 Å². The largest absolute Gasteiger partial charge is 0.378 e. The standard InChI is InChI=1S/C14H20N4OS/c1-9-14(10(2)17-16-9)13-8-19-5-4-18(13)7-12-6-15-11(3)20-12/h6,13H,4-5,7-8H2,1-3H3,(H,16,17)/t13-/m1/s1. The van der Waals surface area contributed by atoms with Crippen molar-refractivity contribution >= 4 is 11.3 Å². The Morgan fingerprint density at radius 2 is 2.30 bits per heavy atom. The highest BCUT2D eigenvalue weighted by atomic mass is 32.1. The maximum absolute atomic E-state index is 5.69. The summed E-state index contributed by atoms with van der Waals surface area (Å²) in [7, 11) is 0. The number of aryl methyl sites for hydroxylation is 3. The second-order valence-corrected chi connectivity index (χ2v) is 6.57. The smallest absolute Gasteiger partial charge is 0.0897 e. The van der Waals surface area contributed by atoms with E-state index in [1.807, 2.05) is 6.20 Å². The second kappa shape index (κ2) is 5.63. The lowest BCUT2D eigenvalue weighted by molar-refractivity contribution is -0.0127. The number of hydrogen-bond donors (Lipinski definition) is 1. The first kappa shape index (κ1) is 13.7. The van der Waals surface area contributed by atoms with Crippen LogP contribution in [0.2, 0.25) is 0 Å². The van der Waals surface area contributed by atoms with Crippen LogP contribution in [0.5, 0.6) is 0 Å².